The van der Waals surface area contributed by atoms with Crippen LogP contribution >= 0.6 is 0 Å². The van der Waals surface area contributed by atoms with E-state index < -0.39 is 6.36 Å². The van der Waals surface area contributed by atoms with E-state index in [0.29, 0.717) is 12.4 Å². The normalized spacial score (nSPS) is 15.3. The predicted molar refractivity (Wildman–Crippen MR) is 98.0 cm³/mol. The Morgan fingerprint density at radius 2 is 2.00 bits per heavy atom. The molecular weight excluding hydrogens is 357 g/mol. The molecule has 0 saturated heterocycles. The maximum Gasteiger partial charge on any atom is 0.573 e. The first-order chi connectivity index (χ1) is 12.7. The van der Waals surface area contributed by atoms with Crippen molar-refractivity contribution in [2.75, 3.05) is 16.8 Å². The van der Waals surface area contributed by atoms with Gasteiger partial charge >= 0.3 is 6.36 Å². The molecule has 0 aliphatic carbocycles. The lowest BCUT2D eigenvalue weighted by Gasteiger charge is -2.30. The van der Waals surface area contributed by atoms with Gasteiger partial charge in [0.1, 0.15) is 23.2 Å². The molecule has 2 aromatic rings. The number of nitrogens with zero attached hydrogens (tertiary/aromatic N) is 3. The third-order valence-corrected chi connectivity index (χ3v) is 4.58. The molecule has 1 aliphatic heterocycles. The van der Waals surface area contributed by atoms with Crippen molar-refractivity contribution < 1.29 is 17.9 Å². The third kappa shape index (κ3) is 5.02. The Balaban J connectivity index is 1.81. The van der Waals surface area contributed by atoms with Gasteiger partial charge in [0.2, 0.25) is 0 Å². The maximum atomic E-state index is 12.5. The zero-order valence-electron chi connectivity index (χ0n) is 15.6. The first-order valence-electron chi connectivity index (χ1n) is 8.98. The van der Waals surface area contributed by atoms with Gasteiger partial charge in [-0.25, -0.2) is 9.97 Å². The molecule has 1 aromatic carbocycles. The van der Waals surface area contributed by atoms with Crippen LogP contribution in [0.2, 0.25) is 0 Å². The van der Waals surface area contributed by atoms with Gasteiger partial charge in [-0.2, -0.15) is 0 Å². The fourth-order valence-corrected chi connectivity index (χ4v) is 3.07. The molecule has 1 aliphatic rings. The van der Waals surface area contributed by atoms with Gasteiger partial charge in [-0.05, 0) is 49.9 Å². The standard InChI is InChI=1S/C19H23F3N4O/c1-4-12(2)23-17-10-18(25-13(3)24-17)26-8-7-14-5-6-16(9-15(14)11-26)27-19(20,21)22/h5-6,9-10,12H,4,7-8,11H2,1-3H3,(H,23,24,25)/t12-/m0/s1. The number of aromatic nitrogens is 2. The van der Waals surface area contributed by atoms with Gasteiger partial charge in [-0.15, -0.1) is 13.2 Å². The maximum absolute atomic E-state index is 12.5. The summed E-state index contributed by atoms with van der Waals surface area (Å²) in [5.41, 5.74) is 1.85. The van der Waals surface area contributed by atoms with Crippen LogP contribution in [0.3, 0.4) is 0 Å². The lowest BCUT2D eigenvalue weighted by Crippen LogP contribution is -2.31. The number of halogens is 3. The summed E-state index contributed by atoms with van der Waals surface area (Å²) in [4.78, 5) is 11.0. The van der Waals surface area contributed by atoms with Crippen molar-refractivity contribution in [2.45, 2.75) is 52.6 Å². The summed E-state index contributed by atoms with van der Waals surface area (Å²) in [6.07, 6.45) is -2.99. The minimum atomic E-state index is -4.69. The summed E-state index contributed by atoms with van der Waals surface area (Å²) >= 11 is 0. The molecule has 3 rings (SSSR count). The van der Waals surface area contributed by atoms with E-state index in [0.717, 1.165) is 42.1 Å². The number of hydrogen-bond donors (Lipinski definition) is 1. The average molecular weight is 380 g/mol. The van der Waals surface area contributed by atoms with Crippen LogP contribution in [0.25, 0.3) is 0 Å². The molecule has 27 heavy (non-hydrogen) atoms. The average Bonchev–Trinajstić information content (AvgIpc) is 2.59. The summed E-state index contributed by atoms with van der Waals surface area (Å²) in [5, 5.41) is 3.34. The quantitative estimate of drug-likeness (QED) is 0.830. The highest BCUT2D eigenvalue weighted by molar-refractivity contribution is 5.52. The minimum absolute atomic E-state index is 0.193. The SMILES string of the molecule is CC[C@H](C)Nc1cc(N2CCc3ccc(OC(F)(F)F)cc3C2)nc(C)n1. The molecule has 0 radical (unpaired) electrons. The first kappa shape index (κ1) is 19.3. The van der Waals surface area contributed by atoms with E-state index in [9.17, 15) is 13.2 Å². The third-order valence-electron chi connectivity index (χ3n) is 4.58. The van der Waals surface area contributed by atoms with E-state index in [1.807, 2.05) is 13.0 Å². The second-order valence-electron chi connectivity index (χ2n) is 6.76. The Morgan fingerprint density at radius 1 is 1.22 bits per heavy atom. The molecule has 8 heteroatoms. The highest BCUT2D eigenvalue weighted by Crippen LogP contribution is 2.30. The molecule has 0 amide bonds. The number of nitrogens with one attached hydrogen (secondary N) is 1. The molecule has 0 spiro atoms. The summed E-state index contributed by atoms with van der Waals surface area (Å²) in [7, 11) is 0. The monoisotopic (exact) mass is 380 g/mol. The summed E-state index contributed by atoms with van der Waals surface area (Å²) in [6.45, 7) is 7.22. The number of rotatable bonds is 5. The van der Waals surface area contributed by atoms with Crippen molar-refractivity contribution in [1.29, 1.82) is 0 Å². The molecule has 0 fully saturated rings. The van der Waals surface area contributed by atoms with Crippen molar-refractivity contribution in [3.8, 4) is 5.75 Å². The Morgan fingerprint density at radius 3 is 2.70 bits per heavy atom. The van der Waals surface area contributed by atoms with Crippen molar-refractivity contribution in [3.63, 3.8) is 0 Å². The fraction of sp³-hybridized carbons (Fsp3) is 0.474. The predicted octanol–water partition coefficient (Wildman–Crippen LogP) is 4.46. The highest BCUT2D eigenvalue weighted by Gasteiger charge is 2.31. The van der Waals surface area contributed by atoms with E-state index in [1.165, 1.54) is 12.1 Å². The van der Waals surface area contributed by atoms with Gasteiger partial charge in [0.15, 0.2) is 0 Å². The molecule has 5 nitrogen and oxygen atoms in total. The van der Waals surface area contributed by atoms with Gasteiger partial charge in [-0.3, -0.25) is 0 Å². The number of anilines is 2. The molecule has 1 N–H and O–H groups in total. The van der Waals surface area contributed by atoms with Crippen LogP contribution in [-0.4, -0.2) is 28.9 Å². The van der Waals surface area contributed by atoms with Crippen LogP contribution in [-0.2, 0) is 13.0 Å². The summed E-state index contributed by atoms with van der Waals surface area (Å²) in [6, 6.07) is 6.71. The van der Waals surface area contributed by atoms with E-state index in [1.54, 1.807) is 6.07 Å². The van der Waals surface area contributed by atoms with Crippen LogP contribution < -0.4 is 15.0 Å². The minimum Gasteiger partial charge on any atom is -0.406 e. The number of fused-ring (bicyclic) bond motifs is 1. The van der Waals surface area contributed by atoms with Gasteiger partial charge in [0, 0.05) is 25.2 Å². The Kier molecular flexibility index (Phi) is 5.43. The molecule has 0 saturated carbocycles. The zero-order valence-corrected chi connectivity index (χ0v) is 15.6. The van der Waals surface area contributed by atoms with Crippen molar-refractivity contribution >= 4 is 11.6 Å². The highest BCUT2D eigenvalue weighted by atomic mass is 19.4. The van der Waals surface area contributed by atoms with Crippen molar-refractivity contribution in [3.05, 3.63) is 41.2 Å². The smallest absolute Gasteiger partial charge is 0.406 e. The van der Waals surface area contributed by atoms with Crippen molar-refractivity contribution in [2.24, 2.45) is 0 Å². The topological polar surface area (TPSA) is 50.3 Å². The van der Waals surface area contributed by atoms with Crippen molar-refractivity contribution in [1.82, 2.24) is 9.97 Å². The van der Waals surface area contributed by atoms with Crippen LogP contribution in [0.4, 0.5) is 24.8 Å². The molecule has 1 aromatic heterocycles. The number of aryl methyl sites for hydroxylation is 1. The lowest BCUT2D eigenvalue weighted by atomic mass is 9.99. The van der Waals surface area contributed by atoms with Crippen LogP contribution in [0, 0.1) is 6.92 Å². The van der Waals surface area contributed by atoms with Gasteiger partial charge < -0.3 is 15.0 Å². The lowest BCUT2D eigenvalue weighted by molar-refractivity contribution is -0.274. The molecular formula is C19H23F3N4O. The number of ether oxygens (including phenoxy) is 1. The van der Waals surface area contributed by atoms with Gasteiger partial charge in [-0.1, -0.05) is 13.0 Å². The van der Waals surface area contributed by atoms with E-state index >= 15 is 0 Å². The molecule has 0 unspecified atom stereocenters. The van der Waals surface area contributed by atoms with Crippen LogP contribution in [0.15, 0.2) is 24.3 Å². The molecule has 0 bridgehead atoms. The number of benzene rings is 1. The van der Waals surface area contributed by atoms with Gasteiger partial charge in [0.05, 0.1) is 0 Å². The molecule has 2 heterocycles. The largest absolute Gasteiger partial charge is 0.573 e. The second kappa shape index (κ2) is 7.62. The Hall–Kier alpha value is -2.51. The Labute approximate surface area is 156 Å². The Bertz CT molecular complexity index is 810. The molecule has 146 valence electrons. The number of alkyl halides is 3. The van der Waals surface area contributed by atoms with E-state index in [-0.39, 0.29) is 11.8 Å². The summed E-state index contributed by atoms with van der Waals surface area (Å²) < 4.78 is 41.5. The fourth-order valence-electron chi connectivity index (χ4n) is 3.07. The van der Waals surface area contributed by atoms with Crippen LogP contribution in [0.1, 0.15) is 37.2 Å². The van der Waals surface area contributed by atoms with E-state index in [2.05, 4.69) is 38.8 Å². The molecule has 1 atom stereocenters. The first-order valence-corrected chi connectivity index (χ1v) is 8.98. The second-order valence-corrected chi connectivity index (χ2v) is 6.76. The van der Waals surface area contributed by atoms with Crippen LogP contribution in [0.5, 0.6) is 5.75 Å². The summed E-state index contributed by atoms with van der Waals surface area (Å²) in [5.74, 6) is 1.98. The zero-order chi connectivity index (χ0) is 19.6. The van der Waals surface area contributed by atoms with Gasteiger partial charge in [0.25, 0.3) is 0 Å². The number of hydrogen-bond acceptors (Lipinski definition) is 5. The van der Waals surface area contributed by atoms with E-state index in [4.69, 9.17) is 0 Å².